The van der Waals surface area contributed by atoms with Crippen molar-refractivity contribution >= 4 is 21.8 Å². The summed E-state index contributed by atoms with van der Waals surface area (Å²) in [4.78, 5) is 16.7. The van der Waals surface area contributed by atoms with Crippen LogP contribution in [0.3, 0.4) is 0 Å². The molecule has 1 aliphatic heterocycles. The average molecular weight is 326 g/mol. The molecule has 104 valence electrons. The molecule has 1 fully saturated rings. The maximum atomic E-state index is 12.1. The fourth-order valence-electron chi connectivity index (χ4n) is 2.27. The Hall–Kier alpha value is -0.910. The van der Waals surface area contributed by atoms with Crippen molar-refractivity contribution in [3.63, 3.8) is 0 Å². The molecule has 4 nitrogen and oxygen atoms in total. The Morgan fingerprint density at radius 3 is 2.84 bits per heavy atom. The van der Waals surface area contributed by atoms with E-state index in [0.717, 1.165) is 24.1 Å². The molecule has 1 amide bonds. The monoisotopic (exact) mass is 325 g/mol. The van der Waals surface area contributed by atoms with Gasteiger partial charge in [-0.15, -0.1) is 0 Å². The minimum Gasteiger partial charge on any atom is -0.350 e. The molecule has 1 unspecified atom stereocenters. The van der Waals surface area contributed by atoms with Crippen molar-refractivity contribution in [3.05, 3.63) is 34.3 Å². The van der Waals surface area contributed by atoms with Gasteiger partial charge in [-0.3, -0.25) is 9.69 Å². The van der Waals surface area contributed by atoms with E-state index in [1.807, 2.05) is 24.3 Å². The van der Waals surface area contributed by atoms with E-state index in [4.69, 9.17) is 0 Å². The molecule has 5 heteroatoms. The van der Waals surface area contributed by atoms with Gasteiger partial charge < -0.3 is 10.2 Å². The average Bonchev–Trinajstić information content (AvgIpc) is 2.40. The lowest BCUT2D eigenvalue weighted by Gasteiger charge is -2.37. The van der Waals surface area contributed by atoms with Gasteiger partial charge in [-0.2, -0.15) is 0 Å². The summed E-state index contributed by atoms with van der Waals surface area (Å²) >= 11 is 3.40. The fraction of sp³-hybridized carbons (Fsp3) is 0.500. The predicted molar refractivity (Wildman–Crippen MR) is 80.4 cm³/mol. The summed E-state index contributed by atoms with van der Waals surface area (Å²) in [6.07, 6.45) is 0. The van der Waals surface area contributed by atoms with Crippen molar-refractivity contribution in [2.24, 2.45) is 0 Å². The number of nitrogens with zero attached hydrogens (tertiary/aromatic N) is 2. The van der Waals surface area contributed by atoms with Gasteiger partial charge in [0.05, 0.1) is 5.56 Å². The third kappa shape index (κ3) is 3.78. The molecule has 1 atom stereocenters. The molecule has 0 radical (unpaired) electrons. The van der Waals surface area contributed by atoms with E-state index in [-0.39, 0.29) is 5.91 Å². The molecule has 2 rings (SSSR count). The van der Waals surface area contributed by atoms with Gasteiger partial charge in [0.1, 0.15) is 0 Å². The molecule has 1 heterocycles. The zero-order chi connectivity index (χ0) is 13.8. The lowest BCUT2D eigenvalue weighted by Crippen LogP contribution is -2.54. The maximum absolute atomic E-state index is 12.1. The molecule has 1 aromatic rings. The van der Waals surface area contributed by atoms with Gasteiger partial charge in [0.2, 0.25) is 0 Å². The summed E-state index contributed by atoms with van der Waals surface area (Å²) in [7, 11) is 4.23. The van der Waals surface area contributed by atoms with Gasteiger partial charge >= 0.3 is 0 Å². The first kappa shape index (κ1) is 14.5. The number of amides is 1. The Labute approximate surface area is 122 Å². The number of halogens is 1. The van der Waals surface area contributed by atoms with Crippen LogP contribution < -0.4 is 5.32 Å². The van der Waals surface area contributed by atoms with Crippen LogP contribution in [0.2, 0.25) is 0 Å². The Morgan fingerprint density at radius 1 is 1.37 bits per heavy atom. The SMILES string of the molecule is CN1CCN(C)C(CNC(=O)c2ccccc2Br)C1. The van der Waals surface area contributed by atoms with Crippen LogP contribution in [-0.4, -0.2) is 62.0 Å². The van der Waals surface area contributed by atoms with E-state index in [2.05, 4.69) is 45.1 Å². The summed E-state index contributed by atoms with van der Waals surface area (Å²) in [5, 5.41) is 3.02. The highest BCUT2D eigenvalue weighted by Gasteiger charge is 2.22. The van der Waals surface area contributed by atoms with Crippen molar-refractivity contribution in [2.45, 2.75) is 6.04 Å². The van der Waals surface area contributed by atoms with Crippen LogP contribution in [-0.2, 0) is 0 Å². The number of carbonyl (C=O) groups excluding carboxylic acids is 1. The van der Waals surface area contributed by atoms with Crippen LogP contribution in [0.25, 0.3) is 0 Å². The zero-order valence-electron chi connectivity index (χ0n) is 11.4. The Morgan fingerprint density at radius 2 is 2.11 bits per heavy atom. The van der Waals surface area contributed by atoms with Gasteiger partial charge in [-0.1, -0.05) is 12.1 Å². The third-order valence-electron chi connectivity index (χ3n) is 3.60. The molecule has 19 heavy (non-hydrogen) atoms. The van der Waals surface area contributed by atoms with Crippen molar-refractivity contribution < 1.29 is 4.79 Å². The molecule has 1 N–H and O–H groups in total. The first-order valence-corrected chi connectivity index (χ1v) is 7.28. The molecular weight excluding hydrogens is 306 g/mol. The summed E-state index contributed by atoms with van der Waals surface area (Å²) in [6, 6.07) is 7.88. The van der Waals surface area contributed by atoms with Gasteiger partial charge in [0.25, 0.3) is 5.91 Å². The number of hydrogen-bond acceptors (Lipinski definition) is 3. The molecule has 0 bridgehead atoms. The van der Waals surface area contributed by atoms with Crippen molar-refractivity contribution in [1.29, 1.82) is 0 Å². The van der Waals surface area contributed by atoms with Gasteiger partial charge in [-0.05, 0) is 42.2 Å². The minimum atomic E-state index is -0.0194. The third-order valence-corrected chi connectivity index (χ3v) is 4.29. The van der Waals surface area contributed by atoms with Crippen molar-refractivity contribution in [1.82, 2.24) is 15.1 Å². The fourth-order valence-corrected chi connectivity index (χ4v) is 2.74. The summed E-state index contributed by atoms with van der Waals surface area (Å²) in [5.74, 6) is -0.0194. The quantitative estimate of drug-likeness (QED) is 0.913. The maximum Gasteiger partial charge on any atom is 0.252 e. The van der Waals surface area contributed by atoms with E-state index >= 15 is 0 Å². The number of nitrogens with one attached hydrogen (secondary N) is 1. The van der Waals surface area contributed by atoms with Crippen LogP contribution in [0, 0.1) is 0 Å². The topological polar surface area (TPSA) is 35.6 Å². The normalized spacial score (nSPS) is 21.3. The predicted octanol–water partition coefficient (Wildman–Crippen LogP) is 1.42. The minimum absolute atomic E-state index is 0.0194. The zero-order valence-corrected chi connectivity index (χ0v) is 13.0. The molecule has 0 aliphatic carbocycles. The van der Waals surface area contributed by atoms with Crippen LogP contribution in [0.1, 0.15) is 10.4 Å². The Bertz CT molecular complexity index is 452. The first-order valence-electron chi connectivity index (χ1n) is 6.49. The number of likely N-dealkylation sites (N-methyl/N-ethyl adjacent to an activating group) is 2. The van der Waals surface area contributed by atoms with E-state index < -0.39 is 0 Å². The molecule has 1 aromatic carbocycles. The van der Waals surface area contributed by atoms with E-state index in [0.29, 0.717) is 18.2 Å². The standard InChI is InChI=1S/C14H20BrN3O/c1-17-7-8-18(2)11(10-17)9-16-14(19)12-5-3-4-6-13(12)15/h3-6,11H,7-10H2,1-2H3,(H,16,19). The largest absolute Gasteiger partial charge is 0.350 e. The number of piperazine rings is 1. The molecule has 0 spiro atoms. The second kappa shape index (κ2) is 6.50. The van der Waals surface area contributed by atoms with E-state index in [1.54, 1.807) is 0 Å². The highest BCUT2D eigenvalue weighted by Crippen LogP contribution is 2.15. The van der Waals surface area contributed by atoms with Gasteiger partial charge in [0, 0.05) is 36.7 Å². The molecular formula is C14H20BrN3O. The Balaban J connectivity index is 1.91. The number of carbonyl (C=O) groups is 1. The number of rotatable bonds is 3. The Kier molecular flexibility index (Phi) is 4.96. The lowest BCUT2D eigenvalue weighted by atomic mass is 10.1. The number of benzene rings is 1. The van der Waals surface area contributed by atoms with Gasteiger partial charge in [-0.25, -0.2) is 0 Å². The summed E-state index contributed by atoms with van der Waals surface area (Å²) in [6.45, 7) is 3.81. The lowest BCUT2D eigenvalue weighted by molar-refractivity contribution is 0.0880. The van der Waals surface area contributed by atoms with Crippen LogP contribution in [0.5, 0.6) is 0 Å². The molecule has 0 aromatic heterocycles. The number of hydrogen-bond donors (Lipinski definition) is 1. The summed E-state index contributed by atoms with van der Waals surface area (Å²) in [5.41, 5.74) is 0.689. The van der Waals surface area contributed by atoms with E-state index in [1.165, 1.54) is 0 Å². The molecule has 0 saturated carbocycles. The smallest absolute Gasteiger partial charge is 0.252 e. The highest BCUT2D eigenvalue weighted by atomic mass is 79.9. The first-order chi connectivity index (χ1) is 9.08. The highest BCUT2D eigenvalue weighted by molar-refractivity contribution is 9.10. The van der Waals surface area contributed by atoms with Crippen LogP contribution in [0.15, 0.2) is 28.7 Å². The second-order valence-corrected chi connectivity index (χ2v) is 5.94. The van der Waals surface area contributed by atoms with Crippen LogP contribution >= 0.6 is 15.9 Å². The van der Waals surface area contributed by atoms with Crippen LogP contribution in [0.4, 0.5) is 0 Å². The van der Waals surface area contributed by atoms with Crippen molar-refractivity contribution in [3.8, 4) is 0 Å². The van der Waals surface area contributed by atoms with E-state index in [9.17, 15) is 4.79 Å². The second-order valence-electron chi connectivity index (χ2n) is 5.09. The summed E-state index contributed by atoms with van der Waals surface area (Å²) < 4.78 is 0.835. The molecule has 1 saturated heterocycles. The van der Waals surface area contributed by atoms with Gasteiger partial charge in [0.15, 0.2) is 0 Å². The molecule has 1 aliphatic rings. The van der Waals surface area contributed by atoms with Crippen molar-refractivity contribution in [2.75, 3.05) is 40.3 Å².